The predicted molar refractivity (Wildman–Crippen MR) is 78.9 cm³/mol. The molecule has 106 valence electrons. The fraction of sp³-hybridized carbons (Fsp3) is 1.00. The van der Waals surface area contributed by atoms with Gasteiger partial charge in [-0.25, -0.2) is 0 Å². The van der Waals surface area contributed by atoms with E-state index >= 15 is 0 Å². The van der Waals surface area contributed by atoms with Crippen LogP contribution in [-0.4, -0.2) is 36.1 Å². The number of nitrogens with zero attached hydrogens (tertiary/aromatic N) is 1. The first-order valence-corrected chi connectivity index (χ1v) is 8.21. The Balaban J connectivity index is 2.01. The van der Waals surface area contributed by atoms with Crippen LogP contribution in [0.5, 0.6) is 0 Å². The lowest BCUT2D eigenvalue weighted by molar-refractivity contribution is 0.108. The molecule has 2 aliphatic carbocycles. The molecule has 2 aliphatic rings. The molecule has 0 saturated heterocycles. The van der Waals surface area contributed by atoms with Crippen molar-refractivity contribution in [3.8, 4) is 0 Å². The first-order chi connectivity index (χ1) is 8.72. The Bertz CT molecular complexity index is 235. The van der Waals surface area contributed by atoms with E-state index in [9.17, 15) is 0 Å². The van der Waals surface area contributed by atoms with E-state index in [1.54, 1.807) is 0 Å². The monoisotopic (exact) mass is 252 g/mol. The van der Waals surface area contributed by atoms with E-state index in [0.717, 1.165) is 24.5 Å². The highest BCUT2D eigenvalue weighted by atomic mass is 15.2. The van der Waals surface area contributed by atoms with E-state index in [2.05, 4.69) is 31.0 Å². The summed E-state index contributed by atoms with van der Waals surface area (Å²) in [7, 11) is 0. The zero-order valence-electron chi connectivity index (χ0n) is 12.6. The largest absolute Gasteiger partial charge is 0.313 e. The zero-order chi connectivity index (χ0) is 13.0. The molecule has 0 amide bonds. The van der Waals surface area contributed by atoms with Gasteiger partial charge in [-0.2, -0.15) is 0 Å². The topological polar surface area (TPSA) is 15.3 Å². The van der Waals surface area contributed by atoms with Crippen molar-refractivity contribution in [2.24, 2.45) is 5.92 Å². The Morgan fingerprint density at radius 1 is 1.06 bits per heavy atom. The van der Waals surface area contributed by atoms with Gasteiger partial charge in [-0.05, 0) is 52.0 Å². The molecule has 2 saturated carbocycles. The average Bonchev–Trinajstić information content (AvgIpc) is 3.13. The molecule has 0 aromatic carbocycles. The van der Waals surface area contributed by atoms with E-state index in [-0.39, 0.29) is 0 Å². The van der Waals surface area contributed by atoms with E-state index in [0.29, 0.717) is 6.04 Å². The van der Waals surface area contributed by atoms with Gasteiger partial charge in [0.2, 0.25) is 0 Å². The van der Waals surface area contributed by atoms with Crippen LogP contribution in [0.15, 0.2) is 0 Å². The molecule has 0 aliphatic heterocycles. The van der Waals surface area contributed by atoms with Crippen molar-refractivity contribution in [2.45, 2.75) is 83.8 Å². The molecule has 2 atom stereocenters. The number of nitrogens with one attached hydrogen (secondary N) is 1. The summed E-state index contributed by atoms with van der Waals surface area (Å²) in [5.74, 6) is 1.01. The molecular formula is C16H32N2. The maximum absolute atomic E-state index is 3.76. The van der Waals surface area contributed by atoms with Crippen LogP contribution in [0, 0.1) is 5.92 Å². The second-order valence-corrected chi connectivity index (χ2v) is 6.60. The summed E-state index contributed by atoms with van der Waals surface area (Å²) < 4.78 is 0. The van der Waals surface area contributed by atoms with Gasteiger partial charge in [-0.3, -0.25) is 4.90 Å². The number of likely N-dealkylation sites (N-methyl/N-ethyl adjacent to an activating group) is 1. The molecule has 0 radical (unpaired) electrons. The van der Waals surface area contributed by atoms with Gasteiger partial charge >= 0.3 is 0 Å². The lowest BCUT2D eigenvalue weighted by Crippen LogP contribution is -2.52. The molecule has 2 fully saturated rings. The van der Waals surface area contributed by atoms with E-state index < -0.39 is 0 Å². The summed E-state index contributed by atoms with van der Waals surface area (Å²) in [5, 5.41) is 3.76. The predicted octanol–water partition coefficient (Wildman–Crippen LogP) is 3.42. The Labute approximate surface area is 114 Å². The third kappa shape index (κ3) is 3.96. The molecule has 0 aromatic rings. The van der Waals surface area contributed by atoms with Gasteiger partial charge in [-0.1, -0.05) is 26.2 Å². The van der Waals surface area contributed by atoms with Crippen LogP contribution < -0.4 is 5.32 Å². The normalized spacial score (nSPS) is 29.8. The van der Waals surface area contributed by atoms with Crippen LogP contribution in [0.2, 0.25) is 0 Å². The Hall–Kier alpha value is -0.0800. The Kier molecular flexibility index (Phi) is 5.50. The minimum atomic E-state index is 0.704. The van der Waals surface area contributed by atoms with E-state index in [4.69, 9.17) is 0 Å². The van der Waals surface area contributed by atoms with Crippen LogP contribution in [-0.2, 0) is 0 Å². The first kappa shape index (κ1) is 14.3. The molecule has 0 heterocycles. The standard InChI is InChI=1S/C16H32N2/c1-4-17-15-8-6-5-7-9-16(15)18(13(2)3)12-14-10-11-14/h13-17H,4-12H2,1-3H3. The summed E-state index contributed by atoms with van der Waals surface area (Å²) in [5.41, 5.74) is 0. The first-order valence-electron chi connectivity index (χ1n) is 8.21. The molecule has 0 spiro atoms. The van der Waals surface area contributed by atoms with Crippen molar-refractivity contribution < 1.29 is 0 Å². The van der Waals surface area contributed by atoms with Crippen molar-refractivity contribution in [3.05, 3.63) is 0 Å². The summed E-state index contributed by atoms with van der Waals surface area (Å²) >= 11 is 0. The fourth-order valence-electron chi connectivity index (χ4n) is 3.51. The van der Waals surface area contributed by atoms with Crippen LogP contribution >= 0.6 is 0 Å². The lowest BCUT2D eigenvalue weighted by atomic mass is 9.99. The smallest absolute Gasteiger partial charge is 0.0252 e. The minimum absolute atomic E-state index is 0.704. The SMILES string of the molecule is CCNC1CCCCCC1N(CC1CC1)C(C)C. The quantitative estimate of drug-likeness (QED) is 0.729. The van der Waals surface area contributed by atoms with Gasteiger partial charge in [0.25, 0.3) is 0 Å². The number of hydrogen-bond donors (Lipinski definition) is 1. The molecule has 18 heavy (non-hydrogen) atoms. The van der Waals surface area contributed by atoms with Crippen molar-refractivity contribution in [2.75, 3.05) is 13.1 Å². The zero-order valence-corrected chi connectivity index (χ0v) is 12.6. The van der Waals surface area contributed by atoms with Crippen molar-refractivity contribution in [1.82, 2.24) is 10.2 Å². The molecule has 0 bridgehead atoms. The van der Waals surface area contributed by atoms with E-state index in [1.807, 2.05) is 0 Å². The van der Waals surface area contributed by atoms with Crippen LogP contribution in [0.25, 0.3) is 0 Å². The third-order valence-corrected chi connectivity index (χ3v) is 4.70. The molecule has 2 nitrogen and oxygen atoms in total. The van der Waals surface area contributed by atoms with Gasteiger partial charge in [0.05, 0.1) is 0 Å². The van der Waals surface area contributed by atoms with Gasteiger partial charge < -0.3 is 5.32 Å². The van der Waals surface area contributed by atoms with Gasteiger partial charge in [0.1, 0.15) is 0 Å². The average molecular weight is 252 g/mol. The molecule has 2 rings (SSSR count). The second kappa shape index (κ2) is 6.91. The summed E-state index contributed by atoms with van der Waals surface area (Å²) in [4.78, 5) is 2.82. The maximum Gasteiger partial charge on any atom is 0.0252 e. The highest BCUT2D eigenvalue weighted by molar-refractivity contribution is 4.90. The van der Waals surface area contributed by atoms with Crippen molar-refractivity contribution in [1.29, 1.82) is 0 Å². The van der Waals surface area contributed by atoms with Crippen LogP contribution in [0.4, 0.5) is 0 Å². The molecule has 2 heteroatoms. The number of hydrogen-bond acceptors (Lipinski definition) is 2. The second-order valence-electron chi connectivity index (χ2n) is 6.60. The minimum Gasteiger partial charge on any atom is -0.313 e. The van der Waals surface area contributed by atoms with Gasteiger partial charge in [0, 0.05) is 24.7 Å². The lowest BCUT2D eigenvalue weighted by Gasteiger charge is -2.39. The molecular weight excluding hydrogens is 220 g/mol. The summed E-state index contributed by atoms with van der Waals surface area (Å²) in [6.07, 6.45) is 10.0. The van der Waals surface area contributed by atoms with Gasteiger partial charge in [-0.15, -0.1) is 0 Å². The van der Waals surface area contributed by atoms with Crippen LogP contribution in [0.3, 0.4) is 0 Å². The van der Waals surface area contributed by atoms with Crippen molar-refractivity contribution >= 4 is 0 Å². The highest BCUT2D eigenvalue weighted by Gasteiger charge is 2.33. The molecule has 2 unspecified atom stereocenters. The third-order valence-electron chi connectivity index (χ3n) is 4.70. The van der Waals surface area contributed by atoms with Crippen LogP contribution in [0.1, 0.15) is 65.7 Å². The Morgan fingerprint density at radius 2 is 1.78 bits per heavy atom. The van der Waals surface area contributed by atoms with Gasteiger partial charge in [0.15, 0.2) is 0 Å². The maximum atomic E-state index is 3.76. The molecule has 1 N–H and O–H groups in total. The highest BCUT2D eigenvalue weighted by Crippen LogP contribution is 2.33. The van der Waals surface area contributed by atoms with E-state index in [1.165, 1.54) is 51.5 Å². The fourth-order valence-corrected chi connectivity index (χ4v) is 3.51. The summed E-state index contributed by atoms with van der Waals surface area (Å²) in [6, 6.07) is 2.22. The number of rotatable bonds is 6. The Morgan fingerprint density at radius 3 is 2.39 bits per heavy atom. The van der Waals surface area contributed by atoms with Crippen molar-refractivity contribution in [3.63, 3.8) is 0 Å². The summed E-state index contributed by atoms with van der Waals surface area (Å²) in [6.45, 7) is 9.50. The molecule has 0 aromatic heterocycles.